The van der Waals surface area contributed by atoms with Gasteiger partial charge >= 0.3 is 12.1 Å². The first-order valence-electron chi connectivity index (χ1n) is 9.90. The van der Waals surface area contributed by atoms with E-state index in [0.717, 1.165) is 25.0 Å². The lowest BCUT2D eigenvalue weighted by atomic mass is 9.88. The van der Waals surface area contributed by atoms with E-state index in [1.54, 1.807) is 24.7 Å². The summed E-state index contributed by atoms with van der Waals surface area (Å²) in [5.74, 6) is -1.99. The lowest BCUT2D eigenvalue weighted by molar-refractivity contribution is -0.192. The molecule has 2 saturated heterocycles. The zero-order valence-electron chi connectivity index (χ0n) is 17.0. The second kappa shape index (κ2) is 9.94. The van der Waals surface area contributed by atoms with Crippen molar-refractivity contribution in [3.05, 3.63) is 54.6 Å². The van der Waals surface area contributed by atoms with Crippen LogP contribution in [0, 0.1) is 0 Å². The van der Waals surface area contributed by atoms with Crippen molar-refractivity contribution in [2.45, 2.75) is 37.1 Å². The summed E-state index contributed by atoms with van der Waals surface area (Å²) in [7, 11) is 0. The van der Waals surface area contributed by atoms with Gasteiger partial charge in [-0.3, -0.25) is 14.8 Å². The van der Waals surface area contributed by atoms with Crippen molar-refractivity contribution < 1.29 is 37.3 Å². The smallest absolute Gasteiger partial charge is 0.486 e. The Bertz CT molecular complexity index is 904. The fraction of sp³-hybridized carbons (Fsp3) is 0.429. The number of halogens is 3. The summed E-state index contributed by atoms with van der Waals surface area (Å²) in [6, 6.07) is 9.19. The molecule has 1 N–H and O–H groups in total. The first-order valence-corrected chi connectivity index (χ1v) is 9.90. The topological polar surface area (TPSA) is 102 Å². The minimum absolute atomic E-state index is 0.00314. The van der Waals surface area contributed by atoms with Gasteiger partial charge in [-0.15, -0.1) is 0 Å². The van der Waals surface area contributed by atoms with Gasteiger partial charge in [-0.2, -0.15) is 13.2 Å². The van der Waals surface area contributed by atoms with E-state index in [2.05, 4.69) is 9.97 Å². The molecule has 8 nitrogen and oxygen atoms in total. The Hall–Kier alpha value is -3.21. The molecular weight excluding hydrogens is 431 g/mol. The van der Waals surface area contributed by atoms with Crippen LogP contribution in [0.3, 0.4) is 0 Å². The number of hydrogen-bond acceptors (Lipinski definition) is 6. The van der Waals surface area contributed by atoms with Crippen LogP contribution in [0.15, 0.2) is 48.9 Å². The molecule has 2 aromatic rings. The van der Waals surface area contributed by atoms with E-state index in [9.17, 15) is 18.0 Å². The number of carbonyl (C=O) groups is 2. The van der Waals surface area contributed by atoms with Crippen LogP contribution in [0.25, 0.3) is 0 Å². The van der Waals surface area contributed by atoms with Crippen molar-refractivity contribution in [1.29, 1.82) is 0 Å². The Morgan fingerprint density at radius 3 is 2.44 bits per heavy atom. The standard InChI is InChI=1S/C19H21N3O3.C2HF3O2/c23-18(17-5-1-2-9-21-17)22-10-6-19(7-11-22)12-16(14-24-19)25-15-4-3-8-20-13-15;3-2(4,5)1(6)7/h1-5,8-9,13,16H,6-7,10-12,14H2;(H,6,7). The van der Waals surface area contributed by atoms with E-state index < -0.39 is 12.1 Å². The predicted octanol–water partition coefficient (Wildman–Crippen LogP) is 2.95. The fourth-order valence-corrected chi connectivity index (χ4v) is 3.60. The molecule has 11 heteroatoms. The molecule has 0 radical (unpaired) electrons. The average Bonchev–Trinajstić information content (AvgIpc) is 3.16. The van der Waals surface area contributed by atoms with Crippen LogP contribution in [-0.4, -0.2) is 69.4 Å². The van der Waals surface area contributed by atoms with Crippen molar-refractivity contribution >= 4 is 11.9 Å². The zero-order chi connectivity index (χ0) is 23.2. The van der Waals surface area contributed by atoms with E-state index in [1.165, 1.54) is 0 Å². The van der Waals surface area contributed by atoms with Gasteiger partial charge in [-0.05, 0) is 37.1 Å². The number of alkyl halides is 3. The molecule has 2 fully saturated rings. The Morgan fingerprint density at radius 2 is 1.88 bits per heavy atom. The summed E-state index contributed by atoms with van der Waals surface area (Å²) >= 11 is 0. The van der Waals surface area contributed by atoms with Crippen LogP contribution in [-0.2, 0) is 9.53 Å². The average molecular weight is 453 g/mol. The van der Waals surface area contributed by atoms with E-state index >= 15 is 0 Å². The first kappa shape index (κ1) is 23.5. The van der Waals surface area contributed by atoms with E-state index in [4.69, 9.17) is 19.4 Å². The zero-order valence-corrected chi connectivity index (χ0v) is 17.0. The van der Waals surface area contributed by atoms with E-state index in [-0.39, 0.29) is 17.6 Å². The summed E-state index contributed by atoms with van der Waals surface area (Å²) in [5, 5.41) is 7.12. The van der Waals surface area contributed by atoms with Crippen LogP contribution in [0.4, 0.5) is 13.2 Å². The summed E-state index contributed by atoms with van der Waals surface area (Å²) in [6.07, 6.45) is 2.58. The fourth-order valence-electron chi connectivity index (χ4n) is 3.60. The van der Waals surface area contributed by atoms with Gasteiger partial charge in [0, 0.05) is 31.9 Å². The number of pyridine rings is 2. The minimum Gasteiger partial charge on any atom is -0.486 e. The van der Waals surface area contributed by atoms with Gasteiger partial charge in [0.2, 0.25) is 0 Å². The monoisotopic (exact) mass is 453 g/mol. The van der Waals surface area contributed by atoms with Crippen LogP contribution >= 0.6 is 0 Å². The molecule has 2 aliphatic rings. The van der Waals surface area contributed by atoms with Crippen LogP contribution in [0.1, 0.15) is 29.8 Å². The maximum Gasteiger partial charge on any atom is 0.490 e. The van der Waals surface area contributed by atoms with Crippen molar-refractivity contribution in [3.8, 4) is 5.75 Å². The Balaban J connectivity index is 0.000000360. The maximum absolute atomic E-state index is 12.5. The highest BCUT2D eigenvalue weighted by atomic mass is 19.4. The summed E-state index contributed by atoms with van der Waals surface area (Å²) in [4.78, 5) is 31.5. The van der Waals surface area contributed by atoms with Crippen LogP contribution < -0.4 is 4.74 Å². The quantitative estimate of drug-likeness (QED) is 0.762. The van der Waals surface area contributed by atoms with Gasteiger partial charge in [0.15, 0.2) is 0 Å². The number of piperidine rings is 1. The number of aromatic nitrogens is 2. The molecule has 2 aromatic heterocycles. The number of likely N-dealkylation sites (tertiary alicyclic amines) is 1. The highest BCUT2D eigenvalue weighted by Crippen LogP contribution is 2.37. The van der Waals surface area contributed by atoms with Gasteiger partial charge in [-0.25, -0.2) is 4.79 Å². The lowest BCUT2D eigenvalue weighted by Crippen LogP contribution is -2.46. The molecule has 4 rings (SSSR count). The maximum atomic E-state index is 12.5. The Labute approximate surface area is 182 Å². The lowest BCUT2D eigenvalue weighted by Gasteiger charge is -2.38. The van der Waals surface area contributed by atoms with Crippen molar-refractivity contribution in [3.63, 3.8) is 0 Å². The number of ether oxygens (including phenoxy) is 2. The van der Waals surface area contributed by atoms with E-state index in [0.29, 0.717) is 25.4 Å². The highest BCUT2D eigenvalue weighted by Gasteiger charge is 2.44. The SMILES string of the molecule is O=C(O)C(F)(F)F.O=C(c1ccccn1)N1CCC2(CC1)CC(Oc1cccnc1)CO2. The molecule has 4 heterocycles. The van der Waals surface area contributed by atoms with Crippen molar-refractivity contribution in [2.75, 3.05) is 19.7 Å². The van der Waals surface area contributed by atoms with Gasteiger partial charge < -0.3 is 19.5 Å². The normalized spacial score (nSPS) is 19.7. The molecule has 0 bridgehead atoms. The number of nitrogens with zero attached hydrogens (tertiary/aromatic N) is 3. The number of carboxylic acid groups (broad SMARTS) is 1. The molecule has 0 saturated carbocycles. The molecule has 172 valence electrons. The molecule has 2 aliphatic heterocycles. The molecule has 1 atom stereocenters. The number of amides is 1. The van der Waals surface area contributed by atoms with Crippen LogP contribution in [0.5, 0.6) is 5.75 Å². The third-order valence-electron chi connectivity index (χ3n) is 5.20. The Morgan fingerprint density at radius 1 is 1.16 bits per heavy atom. The number of carboxylic acids is 1. The molecule has 0 aliphatic carbocycles. The second-order valence-electron chi connectivity index (χ2n) is 7.44. The summed E-state index contributed by atoms with van der Waals surface area (Å²) in [6.45, 7) is 1.97. The van der Waals surface area contributed by atoms with Gasteiger partial charge in [0.1, 0.15) is 17.5 Å². The summed E-state index contributed by atoms with van der Waals surface area (Å²) < 4.78 is 43.8. The van der Waals surface area contributed by atoms with Crippen molar-refractivity contribution in [2.24, 2.45) is 0 Å². The van der Waals surface area contributed by atoms with E-state index in [1.807, 2.05) is 29.2 Å². The Kier molecular flexibility index (Phi) is 7.29. The van der Waals surface area contributed by atoms with Gasteiger partial charge in [-0.1, -0.05) is 6.07 Å². The first-order chi connectivity index (χ1) is 15.2. The molecule has 1 amide bonds. The summed E-state index contributed by atoms with van der Waals surface area (Å²) in [5.41, 5.74) is 0.330. The number of rotatable bonds is 3. The largest absolute Gasteiger partial charge is 0.490 e. The van der Waals surface area contributed by atoms with Gasteiger partial charge in [0.25, 0.3) is 5.91 Å². The number of carbonyl (C=O) groups excluding carboxylic acids is 1. The predicted molar refractivity (Wildman–Crippen MR) is 105 cm³/mol. The molecule has 32 heavy (non-hydrogen) atoms. The molecule has 1 spiro atoms. The highest BCUT2D eigenvalue weighted by molar-refractivity contribution is 5.92. The minimum atomic E-state index is -5.08. The second-order valence-corrected chi connectivity index (χ2v) is 7.44. The molecular formula is C21H22F3N3O5. The van der Waals surface area contributed by atoms with Crippen molar-refractivity contribution in [1.82, 2.24) is 14.9 Å². The number of aliphatic carboxylic acids is 1. The third kappa shape index (κ3) is 6.16. The van der Waals surface area contributed by atoms with Crippen LogP contribution in [0.2, 0.25) is 0 Å². The number of hydrogen-bond donors (Lipinski definition) is 1. The third-order valence-corrected chi connectivity index (χ3v) is 5.20. The molecule has 1 unspecified atom stereocenters. The van der Waals surface area contributed by atoms with Gasteiger partial charge in [0.05, 0.1) is 18.4 Å². The molecule has 0 aromatic carbocycles.